The lowest BCUT2D eigenvalue weighted by atomic mass is 10.1. The molecule has 3 N–H and O–H groups in total. The van der Waals surface area contributed by atoms with E-state index in [0.29, 0.717) is 5.82 Å². The van der Waals surface area contributed by atoms with Gasteiger partial charge in [0.25, 0.3) is 0 Å². The highest BCUT2D eigenvalue weighted by molar-refractivity contribution is 7.18. The van der Waals surface area contributed by atoms with Crippen molar-refractivity contribution in [1.29, 1.82) is 0 Å². The maximum atomic E-state index is 5.71. The van der Waals surface area contributed by atoms with E-state index in [1.165, 1.54) is 4.70 Å². The zero-order valence-electron chi connectivity index (χ0n) is 10.6. The Labute approximate surface area is 114 Å². The predicted octanol–water partition coefficient (Wildman–Crippen LogP) is 2.69. The smallest absolute Gasteiger partial charge is 0.222 e. The van der Waals surface area contributed by atoms with Crippen LogP contribution in [0.1, 0.15) is 5.01 Å². The van der Waals surface area contributed by atoms with Crippen LogP contribution in [0.5, 0.6) is 0 Å². The molecule has 0 saturated heterocycles. The lowest BCUT2D eigenvalue weighted by molar-refractivity contribution is 1.18. The maximum absolute atomic E-state index is 5.71. The number of nitrogens with one attached hydrogen (secondary N) is 1. The highest BCUT2D eigenvalue weighted by atomic mass is 32.1. The molecule has 5 nitrogen and oxygen atoms in total. The lowest BCUT2D eigenvalue weighted by Gasteiger charge is -2.05. The molecule has 0 saturated carbocycles. The number of nitrogens with two attached hydrogens (primary N) is 1. The molecule has 0 aliphatic rings. The van der Waals surface area contributed by atoms with E-state index >= 15 is 0 Å². The summed E-state index contributed by atoms with van der Waals surface area (Å²) < 4.78 is 1.18. The minimum absolute atomic E-state index is 0.261. The van der Waals surface area contributed by atoms with E-state index in [2.05, 4.69) is 26.3 Å². The van der Waals surface area contributed by atoms with Crippen LogP contribution in [0.4, 0.5) is 11.8 Å². The van der Waals surface area contributed by atoms with Gasteiger partial charge in [0.2, 0.25) is 5.95 Å². The molecule has 0 spiro atoms. The summed E-state index contributed by atoms with van der Waals surface area (Å²) in [6.45, 7) is 2.01. The molecule has 0 atom stereocenters. The Kier molecular flexibility index (Phi) is 2.79. The molecule has 0 bridgehead atoms. The fourth-order valence-corrected chi connectivity index (χ4v) is 2.75. The van der Waals surface area contributed by atoms with Gasteiger partial charge in [-0.3, -0.25) is 0 Å². The summed E-state index contributed by atoms with van der Waals surface area (Å²) in [5.74, 6) is 0.966. The first-order valence-electron chi connectivity index (χ1n) is 5.85. The van der Waals surface area contributed by atoms with Crippen LogP contribution >= 0.6 is 11.3 Å². The fourth-order valence-electron chi connectivity index (χ4n) is 1.94. The second-order valence-corrected chi connectivity index (χ2v) is 5.40. The number of rotatable bonds is 2. The molecule has 96 valence electrons. The van der Waals surface area contributed by atoms with Gasteiger partial charge in [-0.25, -0.2) is 9.97 Å². The quantitative estimate of drug-likeness (QED) is 0.749. The minimum atomic E-state index is 0.261. The van der Waals surface area contributed by atoms with E-state index in [9.17, 15) is 0 Å². The van der Waals surface area contributed by atoms with Gasteiger partial charge < -0.3 is 11.1 Å². The molecule has 6 heteroatoms. The van der Waals surface area contributed by atoms with E-state index in [-0.39, 0.29) is 5.95 Å². The highest BCUT2D eigenvalue weighted by Gasteiger charge is 2.07. The van der Waals surface area contributed by atoms with Crippen LogP contribution in [0.2, 0.25) is 0 Å². The van der Waals surface area contributed by atoms with Gasteiger partial charge in [0.05, 0.1) is 20.9 Å². The van der Waals surface area contributed by atoms with E-state index in [0.717, 1.165) is 21.8 Å². The third-order valence-corrected chi connectivity index (χ3v) is 3.74. The second-order valence-electron chi connectivity index (χ2n) is 4.16. The van der Waals surface area contributed by atoms with E-state index in [4.69, 9.17) is 5.73 Å². The van der Waals surface area contributed by atoms with Gasteiger partial charge in [0, 0.05) is 18.7 Å². The van der Waals surface area contributed by atoms with Gasteiger partial charge in [-0.15, -0.1) is 11.3 Å². The number of hydrogen-bond donors (Lipinski definition) is 2. The highest BCUT2D eigenvalue weighted by Crippen LogP contribution is 2.27. The molecular formula is C13H13N5S. The third-order valence-electron chi connectivity index (χ3n) is 2.79. The average Bonchev–Trinajstić information content (AvgIpc) is 2.76. The predicted molar refractivity (Wildman–Crippen MR) is 79.3 cm³/mol. The van der Waals surface area contributed by atoms with Gasteiger partial charge in [-0.1, -0.05) is 6.07 Å². The van der Waals surface area contributed by atoms with Crippen LogP contribution in [-0.4, -0.2) is 22.0 Å². The summed E-state index contributed by atoms with van der Waals surface area (Å²) in [4.78, 5) is 12.8. The zero-order valence-corrected chi connectivity index (χ0v) is 11.5. The van der Waals surface area contributed by atoms with Crippen LogP contribution in [0, 0.1) is 6.92 Å². The summed E-state index contributed by atoms with van der Waals surface area (Å²) in [6, 6.07) is 7.99. The van der Waals surface area contributed by atoms with Crippen LogP contribution in [0.15, 0.2) is 24.3 Å². The maximum Gasteiger partial charge on any atom is 0.222 e. The standard InChI is InChI=1S/C13H13N5S/c1-7-16-10-5-8(3-4-11(10)19-7)9-6-12(15-2)18-13(14)17-9/h3-6H,1-2H3,(H3,14,15,17,18). The van der Waals surface area contributed by atoms with Gasteiger partial charge in [-0.05, 0) is 19.1 Å². The van der Waals surface area contributed by atoms with E-state index < -0.39 is 0 Å². The first-order valence-corrected chi connectivity index (χ1v) is 6.67. The van der Waals surface area contributed by atoms with Crippen molar-refractivity contribution < 1.29 is 0 Å². The summed E-state index contributed by atoms with van der Waals surface area (Å²) in [6.07, 6.45) is 0. The molecule has 0 aliphatic heterocycles. The molecule has 0 unspecified atom stereocenters. The number of hydrogen-bond acceptors (Lipinski definition) is 6. The Hall–Kier alpha value is -2.21. The average molecular weight is 271 g/mol. The Bertz CT molecular complexity index is 750. The summed E-state index contributed by atoms with van der Waals surface area (Å²) in [5.41, 5.74) is 8.49. The van der Waals surface area contributed by atoms with Crippen molar-refractivity contribution in [2.75, 3.05) is 18.1 Å². The Morgan fingerprint density at radius 2 is 2.00 bits per heavy atom. The van der Waals surface area contributed by atoms with E-state index in [1.807, 2.05) is 25.1 Å². The van der Waals surface area contributed by atoms with Gasteiger partial charge in [0.1, 0.15) is 5.82 Å². The molecule has 0 radical (unpaired) electrons. The molecule has 0 amide bonds. The first kappa shape index (κ1) is 11.9. The van der Waals surface area contributed by atoms with Gasteiger partial charge >= 0.3 is 0 Å². The molecule has 1 aromatic carbocycles. The first-order chi connectivity index (χ1) is 9.15. The number of benzene rings is 1. The van der Waals surface area contributed by atoms with Crippen LogP contribution in [-0.2, 0) is 0 Å². The van der Waals surface area contributed by atoms with Crippen molar-refractivity contribution in [3.05, 3.63) is 29.3 Å². The van der Waals surface area contributed by atoms with Crippen molar-refractivity contribution in [2.45, 2.75) is 6.92 Å². The molecule has 3 rings (SSSR count). The third kappa shape index (κ3) is 2.22. The number of fused-ring (bicyclic) bond motifs is 1. The molecule has 2 aromatic heterocycles. The van der Waals surface area contributed by atoms with Gasteiger partial charge in [0.15, 0.2) is 0 Å². The van der Waals surface area contributed by atoms with Crippen molar-refractivity contribution in [3.63, 3.8) is 0 Å². The number of aryl methyl sites for hydroxylation is 1. The Morgan fingerprint density at radius 3 is 2.79 bits per heavy atom. The second kappa shape index (κ2) is 4.47. The topological polar surface area (TPSA) is 76.7 Å². The summed E-state index contributed by atoms with van der Waals surface area (Å²) in [5, 5.41) is 4.03. The summed E-state index contributed by atoms with van der Waals surface area (Å²) >= 11 is 1.69. The molecule has 0 aliphatic carbocycles. The molecule has 2 heterocycles. The van der Waals surface area contributed by atoms with Gasteiger partial charge in [-0.2, -0.15) is 4.98 Å². The lowest BCUT2D eigenvalue weighted by Crippen LogP contribution is -2.01. The SMILES string of the molecule is CNc1cc(-c2ccc3sc(C)nc3c2)nc(N)n1. The monoisotopic (exact) mass is 271 g/mol. The Morgan fingerprint density at radius 1 is 1.16 bits per heavy atom. The van der Waals surface area contributed by atoms with E-state index in [1.54, 1.807) is 18.4 Å². The number of aromatic nitrogens is 3. The fraction of sp³-hybridized carbons (Fsp3) is 0.154. The normalized spacial score (nSPS) is 10.8. The number of anilines is 2. The molecule has 3 aromatic rings. The van der Waals surface area contributed by atoms with Crippen molar-refractivity contribution in [2.24, 2.45) is 0 Å². The van der Waals surface area contributed by atoms with Crippen LogP contribution in [0.3, 0.4) is 0 Å². The van der Waals surface area contributed by atoms with Crippen molar-refractivity contribution in [3.8, 4) is 11.3 Å². The van der Waals surface area contributed by atoms with Crippen molar-refractivity contribution in [1.82, 2.24) is 15.0 Å². The van der Waals surface area contributed by atoms with Crippen LogP contribution < -0.4 is 11.1 Å². The van der Waals surface area contributed by atoms with Crippen LogP contribution in [0.25, 0.3) is 21.5 Å². The molecular weight excluding hydrogens is 258 g/mol. The molecule has 0 fully saturated rings. The number of nitrogen functional groups attached to an aromatic ring is 1. The zero-order chi connectivity index (χ0) is 13.4. The molecule has 19 heavy (non-hydrogen) atoms. The largest absolute Gasteiger partial charge is 0.373 e. The summed E-state index contributed by atoms with van der Waals surface area (Å²) in [7, 11) is 1.80. The Balaban J connectivity index is 2.15. The number of nitrogens with zero attached hydrogens (tertiary/aromatic N) is 3. The minimum Gasteiger partial charge on any atom is -0.373 e. The van der Waals surface area contributed by atoms with Crippen molar-refractivity contribution >= 4 is 33.3 Å². The number of thiazole rings is 1.